The molecule has 7 heteroatoms. The molecule has 3 rings (SSSR count). The molecule has 0 spiro atoms. The zero-order valence-electron chi connectivity index (χ0n) is 16.2. The van der Waals surface area contributed by atoms with Gasteiger partial charge in [0.15, 0.2) is 11.0 Å². The summed E-state index contributed by atoms with van der Waals surface area (Å²) in [6.45, 7) is 5.34. The monoisotopic (exact) mass is 414 g/mol. The molecule has 0 saturated heterocycles. The molecule has 0 unspecified atom stereocenters. The minimum absolute atomic E-state index is 0.0808. The van der Waals surface area contributed by atoms with E-state index in [9.17, 15) is 4.79 Å². The Kier molecular flexibility index (Phi) is 6.75. The van der Waals surface area contributed by atoms with E-state index in [1.54, 1.807) is 0 Å². The van der Waals surface area contributed by atoms with E-state index < -0.39 is 0 Å². The van der Waals surface area contributed by atoms with Gasteiger partial charge in [0.1, 0.15) is 5.25 Å². The van der Waals surface area contributed by atoms with Crippen LogP contribution in [-0.2, 0) is 11.8 Å². The molecule has 0 N–H and O–H groups in total. The van der Waals surface area contributed by atoms with Crippen LogP contribution in [0.4, 0.5) is 0 Å². The van der Waals surface area contributed by atoms with E-state index in [0.717, 1.165) is 17.0 Å². The first-order chi connectivity index (χ1) is 13.5. The van der Waals surface area contributed by atoms with Crippen LogP contribution in [0.25, 0.3) is 11.4 Å². The second-order valence-corrected chi connectivity index (χ2v) is 7.80. The first-order valence-electron chi connectivity index (χ1n) is 9.20. The molecule has 0 saturated carbocycles. The highest BCUT2D eigenvalue weighted by molar-refractivity contribution is 8.00. The highest BCUT2D eigenvalue weighted by Gasteiger charge is 2.28. The van der Waals surface area contributed by atoms with E-state index in [1.807, 2.05) is 85.0 Å². The van der Waals surface area contributed by atoms with E-state index in [1.165, 1.54) is 11.8 Å². The third kappa shape index (κ3) is 4.39. The van der Waals surface area contributed by atoms with Crippen LogP contribution in [0.15, 0.2) is 59.8 Å². The van der Waals surface area contributed by atoms with Gasteiger partial charge in [0.05, 0.1) is 0 Å². The van der Waals surface area contributed by atoms with E-state index in [4.69, 9.17) is 11.6 Å². The van der Waals surface area contributed by atoms with Gasteiger partial charge < -0.3 is 9.47 Å². The van der Waals surface area contributed by atoms with Crippen molar-refractivity contribution in [3.05, 3.63) is 65.2 Å². The number of amides is 1. The number of benzene rings is 2. The van der Waals surface area contributed by atoms with E-state index in [-0.39, 0.29) is 11.2 Å². The highest BCUT2D eigenvalue weighted by atomic mass is 35.5. The zero-order valence-corrected chi connectivity index (χ0v) is 17.7. The molecule has 1 heterocycles. The predicted molar refractivity (Wildman–Crippen MR) is 114 cm³/mol. The van der Waals surface area contributed by atoms with Crippen molar-refractivity contribution in [2.45, 2.75) is 24.3 Å². The smallest absolute Gasteiger partial charge is 0.240 e. The Labute approximate surface area is 174 Å². The number of carbonyl (C=O) groups is 1. The first kappa shape index (κ1) is 20.4. The summed E-state index contributed by atoms with van der Waals surface area (Å²) in [5, 5.41) is 9.67. The maximum absolute atomic E-state index is 13.2. The van der Waals surface area contributed by atoms with Crippen LogP contribution < -0.4 is 0 Å². The van der Waals surface area contributed by atoms with Gasteiger partial charge in [-0.15, -0.1) is 10.2 Å². The largest absolute Gasteiger partial charge is 0.342 e. The quantitative estimate of drug-likeness (QED) is 0.519. The van der Waals surface area contributed by atoms with Gasteiger partial charge in [-0.2, -0.15) is 0 Å². The molecule has 0 aliphatic heterocycles. The number of carbonyl (C=O) groups excluding carboxylic acids is 1. The van der Waals surface area contributed by atoms with E-state index >= 15 is 0 Å². The second kappa shape index (κ2) is 9.26. The Bertz CT molecular complexity index is 923. The van der Waals surface area contributed by atoms with Crippen molar-refractivity contribution in [2.75, 3.05) is 13.1 Å². The summed E-state index contributed by atoms with van der Waals surface area (Å²) in [4.78, 5) is 15.0. The maximum Gasteiger partial charge on any atom is 0.240 e. The van der Waals surface area contributed by atoms with Crippen LogP contribution in [0.1, 0.15) is 24.7 Å². The third-order valence-electron chi connectivity index (χ3n) is 4.56. The molecule has 2 aromatic carbocycles. The molecular formula is C21H23ClN4OS. The molecule has 28 heavy (non-hydrogen) atoms. The summed E-state index contributed by atoms with van der Waals surface area (Å²) in [5.74, 6) is 0.818. The topological polar surface area (TPSA) is 51.0 Å². The first-order valence-corrected chi connectivity index (χ1v) is 10.5. The van der Waals surface area contributed by atoms with Crippen molar-refractivity contribution < 1.29 is 4.79 Å². The highest BCUT2D eigenvalue weighted by Crippen LogP contribution is 2.36. The summed E-state index contributed by atoms with van der Waals surface area (Å²) in [6.07, 6.45) is 0. The number of halogens is 1. The lowest BCUT2D eigenvalue weighted by Gasteiger charge is -2.24. The van der Waals surface area contributed by atoms with Crippen LogP contribution in [0.5, 0.6) is 0 Å². The normalized spacial score (nSPS) is 12.0. The Morgan fingerprint density at radius 3 is 2.32 bits per heavy atom. The molecule has 0 radical (unpaired) electrons. The Balaban J connectivity index is 1.93. The van der Waals surface area contributed by atoms with Gasteiger partial charge in [-0.1, -0.05) is 53.7 Å². The average Bonchev–Trinajstić information content (AvgIpc) is 3.08. The molecule has 1 aromatic heterocycles. The van der Waals surface area contributed by atoms with Crippen LogP contribution in [0.2, 0.25) is 5.02 Å². The number of likely N-dealkylation sites (N-methyl/N-ethyl adjacent to an activating group) is 1. The molecule has 5 nitrogen and oxygen atoms in total. The lowest BCUT2D eigenvalue weighted by atomic mass is 10.1. The van der Waals surface area contributed by atoms with Crippen molar-refractivity contribution in [3.63, 3.8) is 0 Å². The molecule has 3 aromatic rings. The SMILES string of the molecule is CCN(CC)C(=O)[C@H](Sc1nnc(-c2ccc(Cl)cc2)n1C)c1ccccc1. The van der Waals surface area contributed by atoms with Gasteiger partial charge >= 0.3 is 0 Å². The maximum atomic E-state index is 13.2. The van der Waals surface area contributed by atoms with Gasteiger partial charge in [-0.3, -0.25) is 4.79 Å². The molecule has 1 atom stereocenters. The van der Waals surface area contributed by atoms with Crippen molar-refractivity contribution in [3.8, 4) is 11.4 Å². The lowest BCUT2D eigenvalue weighted by molar-refractivity contribution is -0.130. The fraction of sp³-hybridized carbons (Fsp3) is 0.286. The minimum Gasteiger partial charge on any atom is -0.342 e. The molecule has 0 aliphatic carbocycles. The summed E-state index contributed by atoms with van der Waals surface area (Å²) in [6, 6.07) is 17.3. The number of nitrogens with zero attached hydrogens (tertiary/aromatic N) is 4. The Hall–Kier alpha value is -2.31. The number of hydrogen-bond acceptors (Lipinski definition) is 4. The van der Waals surface area contributed by atoms with Gasteiger partial charge in [0, 0.05) is 30.7 Å². The number of rotatable bonds is 7. The summed E-state index contributed by atoms with van der Waals surface area (Å²) < 4.78 is 1.92. The van der Waals surface area contributed by atoms with Gasteiger partial charge in [-0.05, 0) is 43.7 Å². The molecule has 146 valence electrons. The Morgan fingerprint density at radius 1 is 1.07 bits per heavy atom. The number of thioether (sulfide) groups is 1. The molecule has 1 amide bonds. The van der Waals surface area contributed by atoms with Crippen molar-refractivity contribution >= 4 is 29.3 Å². The average molecular weight is 415 g/mol. The van der Waals surface area contributed by atoms with Crippen LogP contribution in [0, 0.1) is 0 Å². The minimum atomic E-state index is -0.373. The zero-order chi connectivity index (χ0) is 20.1. The van der Waals surface area contributed by atoms with Gasteiger partial charge in [0.25, 0.3) is 0 Å². The summed E-state index contributed by atoms with van der Waals surface area (Å²) in [7, 11) is 1.91. The van der Waals surface area contributed by atoms with E-state index in [2.05, 4.69) is 10.2 Å². The van der Waals surface area contributed by atoms with Gasteiger partial charge in [-0.25, -0.2) is 0 Å². The summed E-state index contributed by atoms with van der Waals surface area (Å²) in [5.41, 5.74) is 1.89. The standard InChI is InChI=1S/C21H23ClN4OS/c1-4-26(5-2)20(27)18(15-9-7-6-8-10-15)28-21-24-23-19(25(21)3)16-11-13-17(22)14-12-16/h6-14,18H,4-5H2,1-3H3/t18-/m1/s1. The van der Waals surface area contributed by atoms with Crippen molar-refractivity contribution in [2.24, 2.45) is 7.05 Å². The fourth-order valence-electron chi connectivity index (χ4n) is 2.96. The second-order valence-electron chi connectivity index (χ2n) is 6.29. The fourth-order valence-corrected chi connectivity index (χ4v) is 4.18. The molecule has 0 aliphatic rings. The van der Waals surface area contributed by atoms with Crippen LogP contribution in [0.3, 0.4) is 0 Å². The molecule has 0 fully saturated rings. The Morgan fingerprint density at radius 2 is 1.71 bits per heavy atom. The van der Waals surface area contributed by atoms with E-state index in [0.29, 0.717) is 23.3 Å². The predicted octanol–water partition coefficient (Wildman–Crippen LogP) is 4.84. The number of aromatic nitrogens is 3. The summed E-state index contributed by atoms with van der Waals surface area (Å²) >= 11 is 7.41. The van der Waals surface area contributed by atoms with Gasteiger partial charge in [0.2, 0.25) is 5.91 Å². The number of hydrogen-bond donors (Lipinski definition) is 0. The van der Waals surface area contributed by atoms with Crippen molar-refractivity contribution in [1.82, 2.24) is 19.7 Å². The third-order valence-corrected chi connectivity index (χ3v) is 6.09. The lowest BCUT2D eigenvalue weighted by Crippen LogP contribution is -2.34. The van der Waals surface area contributed by atoms with Crippen molar-refractivity contribution in [1.29, 1.82) is 0 Å². The van der Waals surface area contributed by atoms with Crippen LogP contribution >= 0.6 is 23.4 Å². The molecule has 0 bridgehead atoms. The molecular weight excluding hydrogens is 392 g/mol. The van der Waals surface area contributed by atoms with Crippen LogP contribution in [-0.4, -0.2) is 38.7 Å².